The number of rotatable bonds is 9. The number of carbonyl (C=O) groups excluding carboxylic acids is 3. The van der Waals surface area contributed by atoms with Gasteiger partial charge in [-0.3, -0.25) is 14.4 Å². The van der Waals surface area contributed by atoms with Crippen LogP contribution in [0.15, 0.2) is 66.7 Å². The van der Waals surface area contributed by atoms with Crippen LogP contribution in [0.25, 0.3) is 22.4 Å². The van der Waals surface area contributed by atoms with Gasteiger partial charge in [0.1, 0.15) is 11.7 Å². The van der Waals surface area contributed by atoms with E-state index in [0.717, 1.165) is 22.3 Å². The minimum absolute atomic E-state index is 0.0822. The molecular formula is C31H34N4O6. The van der Waals surface area contributed by atoms with Crippen LogP contribution >= 0.6 is 0 Å². The number of aryl methyl sites for hydroxylation is 1. The second-order valence-corrected chi connectivity index (χ2v) is 9.83. The van der Waals surface area contributed by atoms with Gasteiger partial charge in [-0.25, -0.2) is 9.78 Å². The molecule has 0 aliphatic carbocycles. The van der Waals surface area contributed by atoms with E-state index in [-0.39, 0.29) is 51.3 Å². The highest BCUT2D eigenvalue weighted by Crippen LogP contribution is 2.26. The van der Waals surface area contributed by atoms with Crippen molar-refractivity contribution < 1.29 is 29.0 Å². The fourth-order valence-corrected chi connectivity index (χ4v) is 4.62. The predicted octanol–water partition coefficient (Wildman–Crippen LogP) is 3.99. The zero-order chi connectivity index (χ0) is 29.4. The molecule has 214 valence electrons. The molecule has 1 aromatic heterocycles. The number of carboxylic acid groups (broad SMARTS) is 1. The van der Waals surface area contributed by atoms with Crippen LogP contribution in [-0.2, 0) is 14.3 Å². The monoisotopic (exact) mass is 558 g/mol. The second kappa shape index (κ2) is 13.6. The first kappa shape index (κ1) is 29.3. The summed E-state index contributed by atoms with van der Waals surface area (Å²) in [6.07, 6.45) is -0.823. The fraction of sp³-hybridized carbons (Fsp3) is 0.323. The molecule has 1 saturated heterocycles. The van der Waals surface area contributed by atoms with Gasteiger partial charge in [-0.15, -0.1) is 0 Å². The molecule has 0 spiro atoms. The normalized spacial score (nSPS) is 13.8. The molecule has 1 aliphatic rings. The van der Waals surface area contributed by atoms with E-state index < -0.39 is 29.9 Å². The van der Waals surface area contributed by atoms with Crippen molar-refractivity contribution in [3.05, 3.63) is 78.0 Å². The van der Waals surface area contributed by atoms with E-state index in [2.05, 4.69) is 10.3 Å². The van der Waals surface area contributed by atoms with Crippen molar-refractivity contribution in [2.24, 2.45) is 0 Å². The van der Waals surface area contributed by atoms with Crippen LogP contribution in [0.1, 0.15) is 35.8 Å². The quantitative estimate of drug-likeness (QED) is 0.406. The van der Waals surface area contributed by atoms with Gasteiger partial charge in [-0.1, -0.05) is 60.2 Å². The Kier molecular flexibility index (Phi) is 9.68. The maximum Gasteiger partial charge on any atom is 0.409 e. The fourth-order valence-electron chi connectivity index (χ4n) is 4.62. The molecule has 0 radical (unpaired) electrons. The molecule has 10 nitrogen and oxygen atoms in total. The van der Waals surface area contributed by atoms with E-state index in [9.17, 15) is 24.3 Å². The van der Waals surface area contributed by atoms with Gasteiger partial charge in [0, 0.05) is 38.2 Å². The van der Waals surface area contributed by atoms with Crippen molar-refractivity contribution in [2.45, 2.75) is 32.7 Å². The first-order chi connectivity index (χ1) is 19.7. The van der Waals surface area contributed by atoms with Crippen LogP contribution in [0.4, 0.5) is 4.79 Å². The zero-order valence-electron chi connectivity index (χ0n) is 23.2. The minimum Gasteiger partial charge on any atom is -0.481 e. The van der Waals surface area contributed by atoms with Gasteiger partial charge in [0.25, 0.3) is 5.91 Å². The summed E-state index contributed by atoms with van der Waals surface area (Å²) < 4.78 is 5.03. The molecule has 2 heterocycles. The lowest BCUT2D eigenvalue weighted by Crippen LogP contribution is -2.56. The summed E-state index contributed by atoms with van der Waals surface area (Å²) in [5, 5.41) is 12.0. The Morgan fingerprint density at radius 1 is 0.902 bits per heavy atom. The number of aliphatic carboxylic acids is 1. The summed E-state index contributed by atoms with van der Waals surface area (Å²) in [4.78, 5) is 58.1. The maximum absolute atomic E-state index is 13.6. The highest BCUT2D eigenvalue weighted by molar-refractivity contribution is 5.98. The van der Waals surface area contributed by atoms with E-state index in [1.165, 1.54) is 9.80 Å². The van der Waals surface area contributed by atoms with Gasteiger partial charge in [-0.05, 0) is 43.5 Å². The third-order valence-corrected chi connectivity index (χ3v) is 6.88. The number of hydrogen-bond donors (Lipinski definition) is 2. The Morgan fingerprint density at radius 3 is 2.20 bits per heavy atom. The lowest BCUT2D eigenvalue weighted by atomic mass is 10.0. The van der Waals surface area contributed by atoms with Gasteiger partial charge in [0.05, 0.1) is 12.3 Å². The molecule has 2 aromatic carbocycles. The molecule has 0 unspecified atom stereocenters. The van der Waals surface area contributed by atoms with Gasteiger partial charge in [-0.2, -0.15) is 0 Å². The summed E-state index contributed by atoms with van der Waals surface area (Å²) in [6, 6.07) is 19.9. The van der Waals surface area contributed by atoms with E-state index in [1.54, 1.807) is 13.0 Å². The maximum atomic E-state index is 13.6. The highest BCUT2D eigenvalue weighted by Gasteiger charge is 2.31. The third-order valence-electron chi connectivity index (χ3n) is 6.88. The van der Waals surface area contributed by atoms with Crippen molar-refractivity contribution in [3.8, 4) is 22.4 Å². The molecule has 3 amide bonds. The van der Waals surface area contributed by atoms with Crippen molar-refractivity contribution in [2.75, 3.05) is 32.8 Å². The Morgan fingerprint density at radius 2 is 1.56 bits per heavy atom. The molecule has 10 heteroatoms. The van der Waals surface area contributed by atoms with Crippen LogP contribution < -0.4 is 5.32 Å². The molecule has 4 rings (SSSR count). The SMILES string of the molecule is CCOC(=O)N1CCN(C(=O)[C@H](CCC(=O)O)NC(=O)c2cc(-c3ccccc3)cc(-c3ccc(C)cc3)n2)CC1. The molecular weight excluding hydrogens is 524 g/mol. The van der Waals surface area contributed by atoms with Crippen LogP contribution in [0.3, 0.4) is 0 Å². The van der Waals surface area contributed by atoms with Crippen molar-refractivity contribution in [1.29, 1.82) is 0 Å². The van der Waals surface area contributed by atoms with Gasteiger partial charge in [0.15, 0.2) is 0 Å². The van der Waals surface area contributed by atoms with Crippen molar-refractivity contribution in [1.82, 2.24) is 20.1 Å². The molecule has 1 aliphatic heterocycles. The number of nitrogens with one attached hydrogen (secondary N) is 1. The van der Waals surface area contributed by atoms with Crippen LogP contribution in [0.2, 0.25) is 0 Å². The standard InChI is InChI=1S/C31H34N4O6/c1-3-41-31(40)35-17-15-34(16-18-35)30(39)25(13-14-28(36)37)33-29(38)27-20-24(22-7-5-4-6-8-22)19-26(32-27)23-11-9-21(2)10-12-23/h4-12,19-20,25H,3,13-18H2,1-2H3,(H,33,38)(H,36,37)/t25-/m0/s1. The van der Waals surface area contributed by atoms with Gasteiger partial charge < -0.3 is 25.0 Å². The van der Waals surface area contributed by atoms with E-state index in [1.807, 2.05) is 67.6 Å². The Labute approximate surface area is 238 Å². The van der Waals surface area contributed by atoms with Crippen molar-refractivity contribution >= 4 is 23.9 Å². The van der Waals surface area contributed by atoms with Crippen LogP contribution in [0, 0.1) is 6.92 Å². The first-order valence-electron chi connectivity index (χ1n) is 13.6. The summed E-state index contributed by atoms with van der Waals surface area (Å²) in [6.45, 7) is 5.03. The van der Waals surface area contributed by atoms with Gasteiger partial charge in [0.2, 0.25) is 5.91 Å². The van der Waals surface area contributed by atoms with E-state index in [4.69, 9.17) is 4.74 Å². The molecule has 2 N–H and O–H groups in total. The molecule has 0 saturated carbocycles. The minimum atomic E-state index is -1.07. The summed E-state index contributed by atoms with van der Waals surface area (Å²) in [5.41, 5.74) is 4.32. The zero-order valence-corrected chi connectivity index (χ0v) is 23.2. The summed E-state index contributed by atoms with van der Waals surface area (Å²) in [5.74, 6) is -2.05. The molecule has 1 atom stereocenters. The molecule has 1 fully saturated rings. The number of piperazine rings is 1. The number of carbonyl (C=O) groups is 4. The van der Waals surface area contributed by atoms with Crippen LogP contribution in [0.5, 0.6) is 0 Å². The largest absolute Gasteiger partial charge is 0.481 e. The number of benzene rings is 2. The number of hydrogen-bond acceptors (Lipinski definition) is 6. The number of amides is 3. The van der Waals surface area contributed by atoms with E-state index >= 15 is 0 Å². The lowest BCUT2D eigenvalue weighted by molar-refractivity contribution is -0.138. The summed E-state index contributed by atoms with van der Waals surface area (Å²) >= 11 is 0. The smallest absolute Gasteiger partial charge is 0.409 e. The first-order valence-corrected chi connectivity index (χ1v) is 13.6. The Hall–Kier alpha value is -4.73. The number of nitrogens with zero attached hydrogens (tertiary/aromatic N) is 3. The lowest BCUT2D eigenvalue weighted by Gasteiger charge is -2.35. The summed E-state index contributed by atoms with van der Waals surface area (Å²) in [7, 11) is 0. The Balaban J connectivity index is 1.58. The second-order valence-electron chi connectivity index (χ2n) is 9.83. The van der Waals surface area contributed by atoms with Crippen molar-refractivity contribution in [3.63, 3.8) is 0 Å². The number of carboxylic acids is 1. The highest BCUT2D eigenvalue weighted by atomic mass is 16.6. The molecule has 41 heavy (non-hydrogen) atoms. The number of pyridine rings is 1. The average Bonchev–Trinajstić information content (AvgIpc) is 2.99. The Bertz CT molecular complexity index is 1390. The number of ether oxygens (including phenoxy) is 1. The van der Waals surface area contributed by atoms with Gasteiger partial charge >= 0.3 is 12.1 Å². The van der Waals surface area contributed by atoms with Crippen LogP contribution in [-0.4, -0.2) is 82.6 Å². The third kappa shape index (κ3) is 7.69. The topological polar surface area (TPSA) is 129 Å². The number of aromatic nitrogens is 1. The molecule has 0 bridgehead atoms. The van der Waals surface area contributed by atoms with E-state index in [0.29, 0.717) is 5.69 Å². The molecule has 3 aromatic rings. The average molecular weight is 559 g/mol. The predicted molar refractivity (Wildman–Crippen MR) is 153 cm³/mol.